The third kappa shape index (κ3) is 6.75. The lowest BCUT2D eigenvalue weighted by Gasteiger charge is -2.32. The van der Waals surface area contributed by atoms with E-state index < -0.39 is 0 Å². The number of carbonyl (C=O) groups is 3. The predicted octanol–water partition coefficient (Wildman–Crippen LogP) is 2.99. The second-order valence-electron chi connectivity index (χ2n) is 7.34. The number of amides is 5. The molecule has 1 aliphatic rings. The summed E-state index contributed by atoms with van der Waals surface area (Å²) in [5.74, 6) is -0.167. The summed E-state index contributed by atoms with van der Waals surface area (Å²) in [5.41, 5.74) is 1.29. The Hall–Kier alpha value is -2.77. The monoisotopic (exact) mass is 389 g/mol. The molecule has 28 heavy (non-hydrogen) atoms. The molecular formula is C20H31N5O3. The van der Waals surface area contributed by atoms with Crippen LogP contribution in [0, 0.1) is 5.92 Å². The van der Waals surface area contributed by atoms with Crippen molar-refractivity contribution in [3.8, 4) is 0 Å². The lowest BCUT2D eigenvalue weighted by atomic mass is 9.97. The highest BCUT2D eigenvalue weighted by atomic mass is 16.2. The van der Waals surface area contributed by atoms with E-state index in [0.29, 0.717) is 31.0 Å². The van der Waals surface area contributed by atoms with Crippen LogP contribution in [-0.4, -0.2) is 48.5 Å². The van der Waals surface area contributed by atoms with Crippen LogP contribution in [0.2, 0.25) is 0 Å². The third-order valence-corrected chi connectivity index (χ3v) is 4.44. The van der Waals surface area contributed by atoms with Gasteiger partial charge in [-0.3, -0.25) is 4.79 Å². The van der Waals surface area contributed by atoms with E-state index in [1.165, 1.54) is 0 Å². The number of rotatable bonds is 6. The highest BCUT2D eigenvalue weighted by molar-refractivity contribution is 5.92. The van der Waals surface area contributed by atoms with E-state index >= 15 is 0 Å². The van der Waals surface area contributed by atoms with Gasteiger partial charge >= 0.3 is 12.1 Å². The first-order valence-electron chi connectivity index (χ1n) is 9.90. The standard InChI is InChI=1S/C20H31N5O3/c1-4-11-21-19(27)23-16-7-9-17(10-8-16)24-20(28)25-12-5-6-15(13-25)18(26)22-14(2)3/h7-10,14-15H,4-6,11-13H2,1-3H3,(H,22,26)(H,24,28)(H2,21,23,27)/t15-/m0/s1. The van der Waals surface area contributed by atoms with E-state index in [2.05, 4.69) is 21.3 Å². The predicted molar refractivity (Wildman–Crippen MR) is 110 cm³/mol. The van der Waals surface area contributed by atoms with Gasteiger partial charge in [-0.2, -0.15) is 0 Å². The second kappa shape index (κ2) is 10.5. The molecule has 0 aromatic heterocycles. The summed E-state index contributed by atoms with van der Waals surface area (Å²) < 4.78 is 0. The first-order chi connectivity index (χ1) is 13.4. The number of anilines is 2. The molecule has 1 aromatic carbocycles. The van der Waals surface area contributed by atoms with Crippen molar-refractivity contribution in [1.29, 1.82) is 0 Å². The molecule has 1 heterocycles. The summed E-state index contributed by atoms with van der Waals surface area (Å²) in [6.45, 7) is 7.51. The van der Waals surface area contributed by atoms with Crippen LogP contribution >= 0.6 is 0 Å². The average Bonchev–Trinajstić information content (AvgIpc) is 2.67. The molecule has 0 bridgehead atoms. The molecule has 5 amide bonds. The van der Waals surface area contributed by atoms with Gasteiger partial charge in [-0.15, -0.1) is 0 Å². The van der Waals surface area contributed by atoms with Crippen molar-refractivity contribution in [2.75, 3.05) is 30.3 Å². The largest absolute Gasteiger partial charge is 0.354 e. The summed E-state index contributed by atoms with van der Waals surface area (Å²) in [6.07, 6.45) is 2.47. The van der Waals surface area contributed by atoms with Gasteiger partial charge in [0.1, 0.15) is 0 Å². The Balaban J connectivity index is 1.86. The zero-order valence-electron chi connectivity index (χ0n) is 16.9. The van der Waals surface area contributed by atoms with Gasteiger partial charge in [-0.05, 0) is 57.4 Å². The molecule has 1 aliphatic heterocycles. The fourth-order valence-electron chi connectivity index (χ4n) is 3.03. The molecule has 0 unspecified atom stereocenters. The van der Waals surface area contributed by atoms with Gasteiger partial charge in [0.25, 0.3) is 0 Å². The topological polar surface area (TPSA) is 103 Å². The molecule has 0 radical (unpaired) electrons. The lowest BCUT2D eigenvalue weighted by Crippen LogP contribution is -2.47. The summed E-state index contributed by atoms with van der Waals surface area (Å²) in [7, 11) is 0. The maximum Gasteiger partial charge on any atom is 0.321 e. The first kappa shape index (κ1) is 21.5. The fraction of sp³-hybridized carbons (Fsp3) is 0.550. The number of nitrogens with zero attached hydrogens (tertiary/aromatic N) is 1. The maximum absolute atomic E-state index is 12.5. The Bertz CT molecular complexity index is 675. The van der Waals surface area contributed by atoms with Crippen molar-refractivity contribution in [3.05, 3.63) is 24.3 Å². The van der Waals surface area contributed by atoms with E-state index in [1.807, 2.05) is 20.8 Å². The van der Waals surface area contributed by atoms with Crippen LogP contribution in [0.1, 0.15) is 40.0 Å². The molecule has 154 valence electrons. The van der Waals surface area contributed by atoms with Crippen LogP contribution in [0.25, 0.3) is 0 Å². The SMILES string of the molecule is CCCNC(=O)Nc1ccc(NC(=O)N2CCC[C@H](C(=O)NC(C)C)C2)cc1. The Morgan fingerprint density at radius 3 is 2.36 bits per heavy atom. The van der Waals surface area contributed by atoms with E-state index in [1.54, 1.807) is 29.2 Å². The summed E-state index contributed by atoms with van der Waals surface area (Å²) in [5, 5.41) is 11.2. The summed E-state index contributed by atoms with van der Waals surface area (Å²) in [4.78, 5) is 38.1. The molecule has 1 saturated heterocycles. The van der Waals surface area contributed by atoms with E-state index in [4.69, 9.17) is 0 Å². The Kier molecular flexibility index (Phi) is 8.10. The van der Waals surface area contributed by atoms with Crippen LogP contribution in [0.4, 0.5) is 21.0 Å². The van der Waals surface area contributed by atoms with Gasteiger partial charge in [0.05, 0.1) is 5.92 Å². The molecule has 8 heteroatoms. The lowest BCUT2D eigenvalue weighted by molar-refractivity contribution is -0.126. The molecule has 0 saturated carbocycles. The van der Waals surface area contributed by atoms with E-state index in [9.17, 15) is 14.4 Å². The van der Waals surface area contributed by atoms with Gasteiger partial charge in [-0.25, -0.2) is 9.59 Å². The minimum atomic E-state index is -0.252. The van der Waals surface area contributed by atoms with E-state index in [-0.39, 0.29) is 29.9 Å². The Morgan fingerprint density at radius 2 is 1.75 bits per heavy atom. The number of likely N-dealkylation sites (tertiary alicyclic amines) is 1. The number of hydrogen-bond acceptors (Lipinski definition) is 3. The molecular weight excluding hydrogens is 358 g/mol. The zero-order chi connectivity index (χ0) is 20.5. The Morgan fingerprint density at radius 1 is 1.11 bits per heavy atom. The van der Waals surface area contributed by atoms with Crippen molar-refractivity contribution in [1.82, 2.24) is 15.5 Å². The number of urea groups is 2. The smallest absolute Gasteiger partial charge is 0.321 e. The normalized spacial score (nSPS) is 16.4. The van der Waals surface area contributed by atoms with Crippen molar-refractivity contribution >= 4 is 29.3 Å². The summed E-state index contributed by atoms with van der Waals surface area (Å²) in [6, 6.07) is 6.56. The molecule has 1 fully saturated rings. The van der Waals surface area contributed by atoms with Crippen LogP contribution in [0.15, 0.2) is 24.3 Å². The quantitative estimate of drug-likeness (QED) is 0.601. The minimum Gasteiger partial charge on any atom is -0.354 e. The summed E-state index contributed by atoms with van der Waals surface area (Å²) >= 11 is 0. The van der Waals surface area contributed by atoms with Crippen LogP contribution in [0.5, 0.6) is 0 Å². The first-order valence-corrected chi connectivity index (χ1v) is 9.90. The minimum absolute atomic E-state index is 0.00396. The number of nitrogens with one attached hydrogen (secondary N) is 4. The molecule has 0 spiro atoms. The maximum atomic E-state index is 12.5. The number of benzene rings is 1. The molecule has 8 nitrogen and oxygen atoms in total. The van der Waals surface area contributed by atoms with Crippen LogP contribution < -0.4 is 21.3 Å². The van der Waals surface area contributed by atoms with Crippen molar-refractivity contribution < 1.29 is 14.4 Å². The van der Waals surface area contributed by atoms with Gasteiger partial charge in [-0.1, -0.05) is 6.92 Å². The van der Waals surface area contributed by atoms with Gasteiger partial charge in [0.2, 0.25) is 5.91 Å². The van der Waals surface area contributed by atoms with Gasteiger partial charge in [0.15, 0.2) is 0 Å². The second-order valence-corrected chi connectivity index (χ2v) is 7.34. The molecule has 0 aliphatic carbocycles. The van der Waals surface area contributed by atoms with Crippen molar-refractivity contribution in [3.63, 3.8) is 0 Å². The highest BCUT2D eigenvalue weighted by Crippen LogP contribution is 2.19. The van der Waals surface area contributed by atoms with Gasteiger partial charge in [0, 0.05) is 37.1 Å². The van der Waals surface area contributed by atoms with Crippen molar-refractivity contribution in [2.45, 2.75) is 46.1 Å². The highest BCUT2D eigenvalue weighted by Gasteiger charge is 2.28. The van der Waals surface area contributed by atoms with Crippen LogP contribution in [0.3, 0.4) is 0 Å². The zero-order valence-corrected chi connectivity index (χ0v) is 16.9. The molecule has 1 atom stereocenters. The third-order valence-electron chi connectivity index (χ3n) is 4.44. The number of carbonyl (C=O) groups excluding carboxylic acids is 3. The van der Waals surface area contributed by atoms with E-state index in [0.717, 1.165) is 19.3 Å². The molecule has 2 rings (SSSR count). The average molecular weight is 390 g/mol. The number of hydrogen-bond donors (Lipinski definition) is 4. The van der Waals surface area contributed by atoms with Crippen LogP contribution in [-0.2, 0) is 4.79 Å². The fourth-order valence-corrected chi connectivity index (χ4v) is 3.03. The van der Waals surface area contributed by atoms with Crippen molar-refractivity contribution in [2.24, 2.45) is 5.92 Å². The molecule has 1 aromatic rings. The van der Waals surface area contributed by atoms with Gasteiger partial charge < -0.3 is 26.2 Å². The number of piperidine rings is 1. The molecule has 4 N–H and O–H groups in total. The Labute approximate surface area is 166 Å².